The Balaban J connectivity index is 2.24. The van der Waals surface area contributed by atoms with Crippen molar-refractivity contribution in [3.8, 4) is 0 Å². The van der Waals surface area contributed by atoms with Gasteiger partial charge in [0, 0.05) is 26.2 Å². The van der Waals surface area contributed by atoms with Gasteiger partial charge in [0.2, 0.25) is 0 Å². The molecular formula is C12H19N3O3. The molecule has 1 rings (SSSR count). The summed E-state index contributed by atoms with van der Waals surface area (Å²) in [6, 6.07) is 1.66. The van der Waals surface area contributed by atoms with Crippen LogP contribution in [0.3, 0.4) is 0 Å². The van der Waals surface area contributed by atoms with Crippen LogP contribution in [0.2, 0.25) is 0 Å². The topological polar surface area (TPSA) is 84.2 Å². The molecule has 0 radical (unpaired) electrons. The van der Waals surface area contributed by atoms with E-state index in [1.54, 1.807) is 19.3 Å². The molecule has 0 aromatic carbocycles. The molecule has 1 unspecified atom stereocenters. The number of carbonyl (C=O) groups is 2. The third-order valence-corrected chi connectivity index (χ3v) is 2.83. The van der Waals surface area contributed by atoms with Crippen molar-refractivity contribution < 1.29 is 14.7 Å². The van der Waals surface area contributed by atoms with Crippen molar-refractivity contribution in [3.63, 3.8) is 0 Å². The van der Waals surface area contributed by atoms with Crippen molar-refractivity contribution >= 4 is 11.9 Å². The van der Waals surface area contributed by atoms with Crippen molar-refractivity contribution in [3.05, 3.63) is 18.0 Å². The Bertz CT molecular complexity index is 414. The SMILES string of the molecule is CC(CCNC(=O)c1ccnn1C)CCC(=O)O. The van der Waals surface area contributed by atoms with Crippen LogP contribution in [-0.4, -0.2) is 33.3 Å². The van der Waals surface area contributed by atoms with Gasteiger partial charge in [-0.25, -0.2) is 0 Å². The molecule has 0 fully saturated rings. The van der Waals surface area contributed by atoms with Crippen LogP contribution >= 0.6 is 0 Å². The lowest BCUT2D eigenvalue weighted by Gasteiger charge is -2.10. The molecule has 1 atom stereocenters. The molecule has 0 aliphatic rings. The summed E-state index contributed by atoms with van der Waals surface area (Å²) in [6.07, 6.45) is 3.16. The highest BCUT2D eigenvalue weighted by Gasteiger charge is 2.10. The van der Waals surface area contributed by atoms with Gasteiger partial charge in [0.15, 0.2) is 0 Å². The quantitative estimate of drug-likeness (QED) is 0.760. The first kappa shape index (κ1) is 14.2. The number of nitrogens with one attached hydrogen (secondary N) is 1. The Morgan fingerprint density at radius 2 is 2.22 bits per heavy atom. The molecule has 1 aromatic rings. The molecule has 0 bridgehead atoms. The van der Waals surface area contributed by atoms with Crippen LogP contribution in [0.1, 0.15) is 36.7 Å². The van der Waals surface area contributed by atoms with Gasteiger partial charge in [-0.3, -0.25) is 14.3 Å². The minimum Gasteiger partial charge on any atom is -0.481 e. The number of nitrogens with zero attached hydrogens (tertiary/aromatic N) is 2. The molecule has 2 N–H and O–H groups in total. The van der Waals surface area contributed by atoms with Crippen LogP contribution in [-0.2, 0) is 11.8 Å². The van der Waals surface area contributed by atoms with Crippen molar-refractivity contribution in [2.45, 2.75) is 26.2 Å². The predicted octanol–water partition coefficient (Wildman–Crippen LogP) is 1.04. The molecule has 0 aliphatic heterocycles. The summed E-state index contributed by atoms with van der Waals surface area (Å²) in [5, 5.41) is 15.3. The van der Waals surface area contributed by atoms with Gasteiger partial charge in [-0.05, 0) is 24.8 Å². The van der Waals surface area contributed by atoms with E-state index in [4.69, 9.17) is 5.11 Å². The number of amides is 1. The lowest BCUT2D eigenvalue weighted by molar-refractivity contribution is -0.137. The summed E-state index contributed by atoms with van der Waals surface area (Å²) in [4.78, 5) is 22.1. The Morgan fingerprint density at radius 1 is 1.50 bits per heavy atom. The van der Waals surface area contributed by atoms with E-state index in [0.717, 1.165) is 6.42 Å². The van der Waals surface area contributed by atoms with E-state index in [2.05, 4.69) is 10.4 Å². The number of carbonyl (C=O) groups excluding carboxylic acids is 1. The fourth-order valence-corrected chi connectivity index (χ4v) is 1.63. The maximum atomic E-state index is 11.7. The molecule has 100 valence electrons. The monoisotopic (exact) mass is 253 g/mol. The van der Waals surface area contributed by atoms with Gasteiger partial charge in [0.25, 0.3) is 5.91 Å². The maximum absolute atomic E-state index is 11.7. The fourth-order valence-electron chi connectivity index (χ4n) is 1.63. The smallest absolute Gasteiger partial charge is 0.303 e. The first-order valence-electron chi connectivity index (χ1n) is 5.98. The highest BCUT2D eigenvalue weighted by molar-refractivity contribution is 5.92. The second-order valence-electron chi connectivity index (χ2n) is 4.42. The Morgan fingerprint density at radius 3 is 2.78 bits per heavy atom. The van der Waals surface area contributed by atoms with Crippen molar-refractivity contribution in [2.75, 3.05) is 6.54 Å². The molecular weight excluding hydrogens is 234 g/mol. The summed E-state index contributed by atoms with van der Waals surface area (Å²) in [7, 11) is 1.71. The molecule has 0 aliphatic carbocycles. The van der Waals surface area contributed by atoms with Crippen molar-refractivity contribution in [2.24, 2.45) is 13.0 Å². The number of hydrogen-bond donors (Lipinski definition) is 2. The maximum Gasteiger partial charge on any atom is 0.303 e. The minimum absolute atomic E-state index is 0.152. The standard InChI is InChI=1S/C12H19N3O3/c1-9(3-4-11(16)17)5-7-13-12(18)10-6-8-14-15(10)2/h6,8-9H,3-5,7H2,1-2H3,(H,13,18)(H,16,17). The largest absolute Gasteiger partial charge is 0.481 e. The van der Waals surface area contributed by atoms with Gasteiger partial charge in [0.05, 0.1) is 0 Å². The minimum atomic E-state index is -0.777. The summed E-state index contributed by atoms with van der Waals surface area (Å²) in [5.41, 5.74) is 0.521. The van der Waals surface area contributed by atoms with Crippen molar-refractivity contribution in [1.29, 1.82) is 0 Å². The average molecular weight is 253 g/mol. The number of rotatable bonds is 7. The number of carboxylic acid groups (broad SMARTS) is 1. The van der Waals surface area contributed by atoms with Gasteiger partial charge >= 0.3 is 5.97 Å². The van der Waals surface area contributed by atoms with Crippen LogP contribution in [0.5, 0.6) is 0 Å². The normalized spacial score (nSPS) is 12.1. The highest BCUT2D eigenvalue weighted by atomic mass is 16.4. The average Bonchev–Trinajstić information content (AvgIpc) is 2.72. The second-order valence-corrected chi connectivity index (χ2v) is 4.42. The molecule has 0 saturated heterocycles. The van der Waals surface area contributed by atoms with Gasteiger partial charge in [-0.1, -0.05) is 6.92 Å². The first-order valence-corrected chi connectivity index (χ1v) is 5.98. The summed E-state index contributed by atoms with van der Waals surface area (Å²) >= 11 is 0. The summed E-state index contributed by atoms with van der Waals surface area (Å²) in [6.45, 7) is 2.53. The Labute approximate surface area is 106 Å². The Kier molecular flexibility index (Phi) is 5.35. The number of aromatic nitrogens is 2. The number of aryl methyl sites for hydroxylation is 1. The lowest BCUT2D eigenvalue weighted by Crippen LogP contribution is -2.27. The van der Waals surface area contributed by atoms with E-state index in [9.17, 15) is 9.59 Å². The van der Waals surface area contributed by atoms with Gasteiger partial charge in [0.1, 0.15) is 5.69 Å². The number of hydrogen-bond acceptors (Lipinski definition) is 3. The van der Waals surface area contributed by atoms with E-state index in [1.165, 1.54) is 4.68 Å². The van der Waals surface area contributed by atoms with E-state index in [0.29, 0.717) is 18.7 Å². The highest BCUT2D eigenvalue weighted by Crippen LogP contribution is 2.09. The molecule has 6 heteroatoms. The van der Waals surface area contributed by atoms with Gasteiger partial charge in [-0.2, -0.15) is 5.10 Å². The zero-order valence-electron chi connectivity index (χ0n) is 10.7. The molecule has 1 heterocycles. The lowest BCUT2D eigenvalue weighted by atomic mass is 10.0. The van der Waals surface area contributed by atoms with Crippen molar-refractivity contribution in [1.82, 2.24) is 15.1 Å². The number of carboxylic acids is 1. The second kappa shape index (κ2) is 6.78. The zero-order chi connectivity index (χ0) is 13.5. The van der Waals surface area contributed by atoms with Crippen LogP contribution in [0.25, 0.3) is 0 Å². The summed E-state index contributed by atoms with van der Waals surface area (Å²) < 4.78 is 1.52. The first-order chi connectivity index (χ1) is 8.50. The molecule has 0 spiro atoms. The van der Waals surface area contributed by atoms with Crippen LogP contribution in [0, 0.1) is 5.92 Å². The molecule has 6 nitrogen and oxygen atoms in total. The van der Waals surface area contributed by atoms with E-state index in [-0.39, 0.29) is 18.2 Å². The zero-order valence-corrected chi connectivity index (χ0v) is 10.7. The third kappa shape index (κ3) is 4.57. The van der Waals surface area contributed by atoms with E-state index in [1.807, 2.05) is 6.92 Å². The fraction of sp³-hybridized carbons (Fsp3) is 0.583. The van der Waals surface area contributed by atoms with E-state index >= 15 is 0 Å². The van der Waals surface area contributed by atoms with Crippen LogP contribution < -0.4 is 5.32 Å². The van der Waals surface area contributed by atoms with Gasteiger partial charge < -0.3 is 10.4 Å². The molecule has 18 heavy (non-hydrogen) atoms. The predicted molar refractivity (Wildman–Crippen MR) is 66.2 cm³/mol. The van der Waals surface area contributed by atoms with Crippen LogP contribution in [0.4, 0.5) is 0 Å². The number of aliphatic carboxylic acids is 1. The third-order valence-electron chi connectivity index (χ3n) is 2.83. The Hall–Kier alpha value is -1.85. The van der Waals surface area contributed by atoms with Crippen LogP contribution in [0.15, 0.2) is 12.3 Å². The van der Waals surface area contributed by atoms with Gasteiger partial charge in [-0.15, -0.1) is 0 Å². The molecule has 1 aromatic heterocycles. The molecule has 1 amide bonds. The summed E-state index contributed by atoms with van der Waals surface area (Å²) in [5.74, 6) is -0.644. The van der Waals surface area contributed by atoms with E-state index < -0.39 is 5.97 Å². The molecule has 0 saturated carbocycles.